The lowest BCUT2D eigenvalue weighted by Crippen LogP contribution is -2.40. The van der Waals surface area contributed by atoms with E-state index in [4.69, 9.17) is 0 Å². The van der Waals surface area contributed by atoms with Crippen LogP contribution in [0.3, 0.4) is 0 Å². The Hall–Kier alpha value is -3.13. The maximum Gasteiger partial charge on any atom is 0.258 e. The monoisotopic (exact) mass is 372 g/mol. The molecule has 3 rings (SSSR count). The molecule has 2 N–H and O–H groups in total. The van der Waals surface area contributed by atoms with Gasteiger partial charge in [-0.1, -0.05) is 12.1 Å². The molecule has 140 valence electrons. The first kappa shape index (κ1) is 18.7. The van der Waals surface area contributed by atoms with Crippen LogP contribution in [0.1, 0.15) is 12.7 Å². The molecule has 0 saturated carbocycles. The van der Waals surface area contributed by atoms with Crippen LogP contribution < -0.4 is 10.9 Å². The fourth-order valence-corrected chi connectivity index (χ4v) is 2.61. The molecule has 0 spiro atoms. The Labute approximate surface area is 153 Å². The van der Waals surface area contributed by atoms with Crippen LogP contribution in [0.5, 0.6) is 0 Å². The summed E-state index contributed by atoms with van der Waals surface area (Å²) in [5, 5.41) is 2.85. The van der Waals surface area contributed by atoms with E-state index in [1.165, 1.54) is 0 Å². The normalized spacial score (nSPS) is 12.3. The minimum Gasteiger partial charge on any atom is -0.322 e. The van der Waals surface area contributed by atoms with Gasteiger partial charge >= 0.3 is 0 Å². The van der Waals surface area contributed by atoms with Gasteiger partial charge in [0, 0.05) is 6.07 Å². The predicted molar refractivity (Wildman–Crippen MR) is 98.3 cm³/mol. The summed E-state index contributed by atoms with van der Waals surface area (Å²) in [7, 11) is 1.67. The molecule has 0 aliphatic rings. The van der Waals surface area contributed by atoms with Gasteiger partial charge in [-0.05, 0) is 38.2 Å². The number of aromatic nitrogens is 2. The van der Waals surface area contributed by atoms with Crippen LogP contribution in [-0.4, -0.2) is 33.9 Å². The van der Waals surface area contributed by atoms with E-state index < -0.39 is 23.6 Å². The second kappa shape index (κ2) is 7.63. The molecule has 0 aliphatic carbocycles. The van der Waals surface area contributed by atoms with Crippen molar-refractivity contribution in [2.75, 3.05) is 12.4 Å². The first-order chi connectivity index (χ1) is 12.8. The summed E-state index contributed by atoms with van der Waals surface area (Å²) in [6.45, 7) is 1.81. The van der Waals surface area contributed by atoms with Gasteiger partial charge in [0.1, 0.15) is 17.5 Å². The Morgan fingerprint density at radius 2 is 2.00 bits per heavy atom. The zero-order valence-electron chi connectivity index (χ0n) is 14.8. The van der Waals surface area contributed by atoms with Crippen LogP contribution in [0.15, 0.2) is 47.3 Å². The molecule has 0 fully saturated rings. The van der Waals surface area contributed by atoms with Gasteiger partial charge in [-0.3, -0.25) is 14.5 Å². The third-order valence-electron chi connectivity index (χ3n) is 4.29. The highest BCUT2D eigenvalue weighted by atomic mass is 19.1. The van der Waals surface area contributed by atoms with Crippen molar-refractivity contribution in [1.29, 1.82) is 0 Å². The van der Waals surface area contributed by atoms with Gasteiger partial charge < -0.3 is 10.3 Å². The smallest absolute Gasteiger partial charge is 0.258 e. The van der Waals surface area contributed by atoms with Crippen molar-refractivity contribution in [3.8, 4) is 0 Å². The van der Waals surface area contributed by atoms with Gasteiger partial charge in [-0.15, -0.1) is 0 Å². The highest BCUT2D eigenvalue weighted by molar-refractivity contribution is 5.94. The number of amides is 1. The zero-order valence-corrected chi connectivity index (χ0v) is 14.8. The number of carbonyl (C=O) groups is 1. The van der Waals surface area contributed by atoms with Crippen LogP contribution in [-0.2, 0) is 11.3 Å². The number of aromatic amines is 1. The maximum absolute atomic E-state index is 13.7. The van der Waals surface area contributed by atoms with E-state index in [9.17, 15) is 18.4 Å². The Kier molecular flexibility index (Phi) is 5.27. The van der Waals surface area contributed by atoms with E-state index in [0.29, 0.717) is 16.7 Å². The molecule has 2 aromatic carbocycles. The first-order valence-corrected chi connectivity index (χ1v) is 8.29. The molecule has 1 atom stereocenters. The quantitative estimate of drug-likeness (QED) is 0.722. The van der Waals surface area contributed by atoms with Crippen molar-refractivity contribution < 1.29 is 13.6 Å². The van der Waals surface area contributed by atoms with Gasteiger partial charge in [0.25, 0.3) is 5.56 Å². The van der Waals surface area contributed by atoms with Crippen LogP contribution in [0.2, 0.25) is 0 Å². The number of para-hydroxylation sites is 1. The molecule has 1 aromatic heterocycles. The van der Waals surface area contributed by atoms with Crippen LogP contribution in [0.4, 0.5) is 14.5 Å². The van der Waals surface area contributed by atoms with Gasteiger partial charge in [0.15, 0.2) is 0 Å². The second-order valence-electron chi connectivity index (χ2n) is 6.23. The Bertz CT molecular complexity index is 1050. The standard InChI is InChI=1S/C19H18F2N4O2/c1-11(18(26)23-16-9-12(20)7-8-14(16)21)25(2)10-17-22-15-6-4-3-5-13(15)19(27)24-17/h3-9,11H,10H2,1-2H3,(H,23,26)(H,22,24,27). The molecule has 27 heavy (non-hydrogen) atoms. The molecular formula is C19H18F2N4O2. The van der Waals surface area contributed by atoms with E-state index >= 15 is 0 Å². The number of H-pyrrole nitrogens is 1. The lowest BCUT2D eigenvalue weighted by Gasteiger charge is -2.23. The van der Waals surface area contributed by atoms with Gasteiger partial charge in [-0.2, -0.15) is 0 Å². The average Bonchev–Trinajstić information content (AvgIpc) is 2.64. The summed E-state index contributed by atoms with van der Waals surface area (Å²) in [5.74, 6) is -1.48. The molecule has 0 saturated heterocycles. The number of benzene rings is 2. The molecule has 0 bridgehead atoms. The fourth-order valence-electron chi connectivity index (χ4n) is 2.61. The van der Waals surface area contributed by atoms with Crippen molar-refractivity contribution in [3.05, 3.63) is 70.3 Å². The Morgan fingerprint density at radius 3 is 2.78 bits per heavy atom. The average molecular weight is 372 g/mol. The topological polar surface area (TPSA) is 78.1 Å². The zero-order chi connectivity index (χ0) is 19.6. The molecule has 1 unspecified atom stereocenters. The summed E-state index contributed by atoms with van der Waals surface area (Å²) >= 11 is 0. The summed E-state index contributed by atoms with van der Waals surface area (Å²) < 4.78 is 26.9. The number of nitrogens with zero attached hydrogens (tertiary/aromatic N) is 2. The third-order valence-corrected chi connectivity index (χ3v) is 4.29. The van der Waals surface area contributed by atoms with E-state index in [2.05, 4.69) is 15.3 Å². The van der Waals surface area contributed by atoms with Crippen molar-refractivity contribution in [2.24, 2.45) is 0 Å². The molecular weight excluding hydrogens is 354 g/mol. The van der Waals surface area contributed by atoms with Crippen LogP contribution in [0.25, 0.3) is 10.9 Å². The van der Waals surface area contributed by atoms with E-state index in [-0.39, 0.29) is 17.8 Å². The summed E-state index contributed by atoms with van der Waals surface area (Å²) in [4.78, 5) is 33.2. The largest absolute Gasteiger partial charge is 0.322 e. The van der Waals surface area contributed by atoms with Gasteiger partial charge in [0.2, 0.25) is 5.91 Å². The molecule has 0 aliphatic heterocycles. The van der Waals surface area contributed by atoms with Crippen LogP contribution in [0, 0.1) is 11.6 Å². The SMILES string of the molecule is CC(C(=O)Nc1cc(F)ccc1F)N(C)Cc1nc2ccccc2c(=O)[nH]1. The van der Waals surface area contributed by atoms with Gasteiger partial charge in [0.05, 0.1) is 29.2 Å². The molecule has 8 heteroatoms. The number of hydrogen-bond donors (Lipinski definition) is 2. The Balaban J connectivity index is 1.73. The number of fused-ring (bicyclic) bond motifs is 1. The molecule has 6 nitrogen and oxygen atoms in total. The number of nitrogens with one attached hydrogen (secondary N) is 2. The number of halogens is 2. The summed E-state index contributed by atoms with van der Waals surface area (Å²) in [6, 6.07) is 9.11. The lowest BCUT2D eigenvalue weighted by atomic mass is 10.2. The van der Waals surface area contributed by atoms with Crippen molar-refractivity contribution in [2.45, 2.75) is 19.5 Å². The molecule has 1 heterocycles. The minimum atomic E-state index is -0.722. The summed E-state index contributed by atoms with van der Waals surface area (Å²) in [6.07, 6.45) is 0. The third kappa shape index (κ3) is 4.17. The van der Waals surface area contributed by atoms with Crippen molar-refractivity contribution >= 4 is 22.5 Å². The van der Waals surface area contributed by atoms with Gasteiger partial charge in [-0.25, -0.2) is 13.8 Å². The number of rotatable bonds is 5. The van der Waals surface area contributed by atoms with Crippen molar-refractivity contribution in [3.63, 3.8) is 0 Å². The maximum atomic E-state index is 13.7. The van der Waals surface area contributed by atoms with Crippen molar-refractivity contribution in [1.82, 2.24) is 14.9 Å². The molecule has 3 aromatic rings. The summed E-state index contributed by atoms with van der Waals surface area (Å²) in [5.41, 5.74) is 0.0732. The molecule has 1 amide bonds. The van der Waals surface area contributed by atoms with E-state index in [0.717, 1.165) is 18.2 Å². The first-order valence-electron chi connectivity index (χ1n) is 8.29. The number of likely N-dealkylation sites (N-methyl/N-ethyl adjacent to an activating group) is 1. The number of carbonyl (C=O) groups excluding carboxylic acids is 1. The molecule has 0 radical (unpaired) electrons. The lowest BCUT2D eigenvalue weighted by molar-refractivity contribution is -0.120. The number of hydrogen-bond acceptors (Lipinski definition) is 4. The van der Waals surface area contributed by atoms with E-state index in [1.54, 1.807) is 43.1 Å². The number of anilines is 1. The fraction of sp³-hybridized carbons (Fsp3) is 0.211. The Morgan fingerprint density at radius 1 is 1.26 bits per heavy atom. The van der Waals surface area contributed by atoms with E-state index in [1.807, 2.05) is 0 Å². The van der Waals surface area contributed by atoms with Crippen LogP contribution >= 0.6 is 0 Å². The highest BCUT2D eigenvalue weighted by Gasteiger charge is 2.20. The predicted octanol–water partition coefficient (Wildman–Crippen LogP) is 2.66. The second-order valence-corrected chi connectivity index (χ2v) is 6.23. The minimum absolute atomic E-state index is 0.195. The highest BCUT2D eigenvalue weighted by Crippen LogP contribution is 2.16.